The zero-order valence-electron chi connectivity index (χ0n) is 10.2. The Bertz CT molecular complexity index is 574. The minimum Gasteiger partial charge on any atom is -0.325 e. The van der Waals surface area contributed by atoms with E-state index in [9.17, 15) is 4.79 Å². The molecule has 1 aromatic heterocycles. The molecule has 0 atom stereocenters. The molecule has 0 bridgehead atoms. The number of amides is 1. The molecule has 19 heavy (non-hydrogen) atoms. The van der Waals surface area contributed by atoms with Crippen LogP contribution in [0.1, 0.15) is 6.42 Å². The zero-order valence-corrected chi connectivity index (χ0v) is 12.6. The quantitative estimate of drug-likeness (QED) is 0.843. The average Bonchev–Trinajstić information content (AvgIpc) is 2.78. The molecule has 0 unspecified atom stereocenters. The number of para-hydroxylation sites is 1. The fourth-order valence-corrected chi connectivity index (χ4v) is 2.53. The van der Waals surface area contributed by atoms with Gasteiger partial charge in [0, 0.05) is 23.7 Å². The van der Waals surface area contributed by atoms with E-state index in [2.05, 4.69) is 36.8 Å². The van der Waals surface area contributed by atoms with Crippen LogP contribution in [0.5, 0.6) is 0 Å². The summed E-state index contributed by atoms with van der Waals surface area (Å²) in [5, 5.41) is 14.6. The number of tetrazole rings is 1. The summed E-state index contributed by atoms with van der Waals surface area (Å²) in [5.41, 5.74) is 0.776. The number of anilines is 1. The van der Waals surface area contributed by atoms with Crippen molar-refractivity contribution in [1.29, 1.82) is 0 Å². The van der Waals surface area contributed by atoms with Gasteiger partial charge < -0.3 is 5.32 Å². The van der Waals surface area contributed by atoms with Crippen molar-refractivity contribution >= 4 is 39.3 Å². The molecule has 0 spiro atoms. The molecule has 2 aromatic rings. The number of nitrogens with zero attached hydrogens (tertiary/aromatic N) is 4. The summed E-state index contributed by atoms with van der Waals surface area (Å²) in [6.45, 7) is 0. The molecule has 100 valence electrons. The van der Waals surface area contributed by atoms with Crippen LogP contribution < -0.4 is 5.32 Å². The highest BCUT2D eigenvalue weighted by Gasteiger charge is 2.07. The van der Waals surface area contributed by atoms with Crippen LogP contribution in [0.4, 0.5) is 5.69 Å². The SMILES string of the molecule is Cn1nnnc1SCCC(=O)Nc1ccccc1Br. The summed E-state index contributed by atoms with van der Waals surface area (Å²) in [7, 11) is 1.77. The van der Waals surface area contributed by atoms with Gasteiger partial charge in [0.15, 0.2) is 0 Å². The van der Waals surface area contributed by atoms with Crippen molar-refractivity contribution in [3.05, 3.63) is 28.7 Å². The fourth-order valence-electron chi connectivity index (χ4n) is 1.35. The molecule has 1 heterocycles. The van der Waals surface area contributed by atoms with Crippen LogP contribution >= 0.6 is 27.7 Å². The second-order valence-electron chi connectivity index (χ2n) is 3.71. The first-order valence-corrected chi connectivity index (χ1v) is 7.34. The maximum atomic E-state index is 11.8. The van der Waals surface area contributed by atoms with Crippen LogP contribution in [-0.4, -0.2) is 31.9 Å². The maximum absolute atomic E-state index is 11.8. The summed E-state index contributed by atoms with van der Waals surface area (Å²) < 4.78 is 2.45. The average molecular weight is 342 g/mol. The Kier molecular flexibility index (Phi) is 4.92. The van der Waals surface area contributed by atoms with Gasteiger partial charge in [-0.15, -0.1) is 5.10 Å². The standard InChI is InChI=1S/C11H12BrN5OS/c1-17-11(14-15-16-17)19-7-6-10(18)13-9-5-3-2-4-8(9)12/h2-5H,6-7H2,1H3,(H,13,18). The van der Waals surface area contributed by atoms with E-state index in [0.29, 0.717) is 17.3 Å². The Morgan fingerprint density at radius 3 is 2.95 bits per heavy atom. The molecule has 1 N–H and O–H groups in total. The van der Waals surface area contributed by atoms with Crippen molar-refractivity contribution in [2.45, 2.75) is 11.6 Å². The lowest BCUT2D eigenvalue weighted by Gasteiger charge is -2.06. The Balaban J connectivity index is 1.79. The first-order valence-electron chi connectivity index (χ1n) is 5.56. The van der Waals surface area contributed by atoms with Crippen LogP contribution in [0.2, 0.25) is 0 Å². The number of rotatable bonds is 5. The van der Waals surface area contributed by atoms with Gasteiger partial charge in [-0.05, 0) is 38.5 Å². The molecule has 8 heteroatoms. The summed E-state index contributed by atoms with van der Waals surface area (Å²) in [6, 6.07) is 7.51. The molecule has 0 aliphatic heterocycles. The van der Waals surface area contributed by atoms with E-state index in [1.165, 1.54) is 11.8 Å². The highest BCUT2D eigenvalue weighted by atomic mass is 79.9. The number of benzene rings is 1. The topological polar surface area (TPSA) is 72.7 Å². The molecule has 1 aromatic carbocycles. The number of carbonyl (C=O) groups is 1. The summed E-state index contributed by atoms with van der Waals surface area (Å²) in [6.07, 6.45) is 0.402. The summed E-state index contributed by atoms with van der Waals surface area (Å²) >= 11 is 4.84. The van der Waals surface area contributed by atoms with E-state index in [1.807, 2.05) is 24.3 Å². The largest absolute Gasteiger partial charge is 0.325 e. The van der Waals surface area contributed by atoms with Crippen LogP contribution in [0.25, 0.3) is 0 Å². The fraction of sp³-hybridized carbons (Fsp3) is 0.273. The Morgan fingerprint density at radius 2 is 2.26 bits per heavy atom. The Labute approximate surface area is 123 Å². The smallest absolute Gasteiger partial charge is 0.225 e. The minimum atomic E-state index is -0.0328. The lowest BCUT2D eigenvalue weighted by atomic mass is 10.3. The minimum absolute atomic E-state index is 0.0328. The van der Waals surface area contributed by atoms with Gasteiger partial charge in [0.2, 0.25) is 11.1 Å². The van der Waals surface area contributed by atoms with Crippen molar-refractivity contribution in [3.8, 4) is 0 Å². The predicted octanol–water partition coefficient (Wildman–Crippen LogP) is 2.09. The van der Waals surface area contributed by atoms with Crippen LogP contribution in [-0.2, 0) is 11.8 Å². The molecular formula is C11H12BrN5OS. The van der Waals surface area contributed by atoms with Crippen LogP contribution in [0, 0.1) is 0 Å². The van der Waals surface area contributed by atoms with Crippen LogP contribution in [0.3, 0.4) is 0 Å². The molecule has 0 aliphatic rings. The number of hydrogen-bond acceptors (Lipinski definition) is 5. The van der Waals surface area contributed by atoms with E-state index >= 15 is 0 Å². The first kappa shape index (κ1) is 14.0. The highest BCUT2D eigenvalue weighted by Crippen LogP contribution is 2.21. The zero-order chi connectivity index (χ0) is 13.7. The maximum Gasteiger partial charge on any atom is 0.225 e. The van der Waals surface area contributed by atoms with Crippen molar-refractivity contribution in [2.75, 3.05) is 11.1 Å². The molecule has 0 aliphatic carbocycles. The van der Waals surface area contributed by atoms with E-state index in [0.717, 1.165) is 10.2 Å². The van der Waals surface area contributed by atoms with E-state index in [-0.39, 0.29) is 5.91 Å². The van der Waals surface area contributed by atoms with Gasteiger partial charge in [0.1, 0.15) is 0 Å². The molecule has 0 saturated heterocycles. The van der Waals surface area contributed by atoms with Crippen molar-refractivity contribution in [1.82, 2.24) is 20.2 Å². The summed E-state index contributed by atoms with van der Waals surface area (Å²) in [5.74, 6) is 0.597. The highest BCUT2D eigenvalue weighted by molar-refractivity contribution is 9.10. The number of aryl methyl sites for hydroxylation is 1. The second-order valence-corrected chi connectivity index (χ2v) is 5.63. The molecule has 0 fully saturated rings. The van der Waals surface area contributed by atoms with Gasteiger partial charge in [-0.25, -0.2) is 4.68 Å². The molecular weight excluding hydrogens is 330 g/mol. The van der Waals surface area contributed by atoms with E-state index in [1.54, 1.807) is 11.7 Å². The van der Waals surface area contributed by atoms with Gasteiger partial charge in [0.25, 0.3) is 0 Å². The number of nitrogens with one attached hydrogen (secondary N) is 1. The normalized spacial score (nSPS) is 10.4. The third-order valence-electron chi connectivity index (χ3n) is 2.29. The number of carbonyl (C=O) groups excluding carboxylic acids is 1. The third kappa shape index (κ3) is 4.03. The Morgan fingerprint density at radius 1 is 1.47 bits per heavy atom. The second kappa shape index (κ2) is 6.67. The molecule has 0 saturated carbocycles. The third-order valence-corrected chi connectivity index (χ3v) is 3.99. The van der Waals surface area contributed by atoms with Crippen LogP contribution in [0.15, 0.2) is 33.9 Å². The van der Waals surface area contributed by atoms with Gasteiger partial charge >= 0.3 is 0 Å². The molecule has 0 radical (unpaired) electrons. The molecule has 6 nitrogen and oxygen atoms in total. The van der Waals surface area contributed by atoms with Gasteiger partial charge in [-0.1, -0.05) is 23.9 Å². The van der Waals surface area contributed by atoms with Gasteiger partial charge in [0.05, 0.1) is 5.69 Å². The Hall–Kier alpha value is -1.41. The van der Waals surface area contributed by atoms with Gasteiger partial charge in [-0.2, -0.15) is 0 Å². The van der Waals surface area contributed by atoms with Crippen molar-refractivity contribution < 1.29 is 4.79 Å². The van der Waals surface area contributed by atoms with Crippen molar-refractivity contribution in [3.63, 3.8) is 0 Å². The molecule has 2 rings (SSSR count). The summed E-state index contributed by atoms with van der Waals surface area (Å²) in [4.78, 5) is 11.8. The van der Waals surface area contributed by atoms with E-state index < -0.39 is 0 Å². The number of thioether (sulfide) groups is 1. The number of hydrogen-bond donors (Lipinski definition) is 1. The number of halogens is 1. The van der Waals surface area contributed by atoms with Crippen molar-refractivity contribution in [2.24, 2.45) is 7.05 Å². The predicted molar refractivity (Wildman–Crippen MR) is 76.9 cm³/mol. The first-order chi connectivity index (χ1) is 9.16. The van der Waals surface area contributed by atoms with E-state index in [4.69, 9.17) is 0 Å². The lowest BCUT2D eigenvalue weighted by Crippen LogP contribution is -2.12. The monoisotopic (exact) mass is 341 g/mol. The lowest BCUT2D eigenvalue weighted by molar-refractivity contribution is -0.115. The molecule has 1 amide bonds. The van der Waals surface area contributed by atoms with Gasteiger partial charge in [-0.3, -0.25) is 4.79 Å². The number of aromatic nitrogens is 4.